The zero-order valence-corrected chi connectivity index (χ0v) is 12.9. The molecule has 0 bridgehead atoms. The predicted molar refractivity (Wildman–Crippen MR) is 79.6 cm³/mol. The lowest BCUT2D eigenvalue weighted by Crippen LogP contribution is -2.29. The first-order valence-corrected chi connectivity index (χ1v) is 7.24. The zero-order valence-electron chi connectivity index (χ0n) is 12.9. The first kappa shape index (κ1) is 15.1. The van der Waals surface area contributed by atoms with Crippen LogP contribution in [0, 0.1) is 12.8 Å². The smallest absolute Gasteiger partial charge is 0.161 e. The van der Waals surface area contributed by atoms with E-state index in [1.807, 2.05) is 6.07 Å². The summed E-state index contributed by atoms with van der Waals surface area (Å²) in [6.07, 6.45) is 1.10. The second-order valence-corrected chi connectivity index (χ2v) is 5.22. The fourth-order valence-electron chi connectivity index (χ4n) is 2.90. The molecule has 0 aliphatic carbocycles. The van der Waals surface area contributed by atoms with Crippen molar-refractivity contribution in [1.82, 2.24) is 5.32 Å². The van der Waals surface area contributed by atoms with Gasteiger partial charge in [-0.3, -0.25) is 0 Å². The van der Waals surface area contributed by atoms with Crippen LogP contribution in [0.2, 0.25) is 0 Å². The Kier molecular flexibility index (Phi) is 5.26. The maximum atomic E-state index is 5.55. The van der Waals surface area contributed by atoms with E-state index < -0.39 is 0 Å². The van der Waals surface area contributed by atoms with E-state index in [0.29, 0.717) is 12.0 Å². The van der Waals surface area contributed by atoms with Gasteiger partial charge in [-0.05, 0) is 43.1 Å². The van der Waals surface area contributed by atoms with Gasteiger partial charge in [-0.15, -0.1) is 0 Å². The van der Waals surface area contributed by atoms with Crippen LogP contribution < -0.4 is 14.8 Å². The maximum absolute atomic E-state index is 5.55. The summed E-state index contributed by atoms with van der Waals surface area (Å²) >= 11 is 0. The number of rotatable bonds is 6. The van der Waals surface area contributed by atoms with Gasteiger partial charge in [0.15, 0.2) is 11.5 Å². The highest BCUT2D eigenvalue weighted by Crippen LogP contribution is 2.37. The Labute approximate surface area is 121 Å². The van der Waals surface area contributed by atoms with E-state index in [0.717, 1.165) is 37.7 Å². The number of hydrogen-bond acceptors (Lipinski definition) is 4. The summed E-state index contributed by atoms with van der Waals surface area (Å²) in [6.45, 7) is 6.88. The summed E-state index contributed by atoms with van der Waals surface area (Å²) < 4.78 is 16.4. The van der Waals surface area contributed by atoms with E-state index in [2.05, 4.69) is 25.2 Å². The molecule has 1 fully saturated rings. The van der Waals surface area contributed by atoms with Gasteiger partial charge in [0, 0.05) is 18.6 Å². The predicted octanol–water partition coefficient (Wildman–Crippen LogP) is 2.70. The number of ether oxygens (including phenoxy) is 3. The van der Waals surface area contributed by atoms with E-state index in [4.69, 9.17) is 14.2 Å². The van der Waals surface area contributed by atoms with Crippen LogP contribution in [-0.4, -0.2) is 34.0 Å². The second-order valence-electron chi connectivity index (χ2n) is 5.22. The highest BCUT2D eigenvalue weighted by atomic mass is 16.5. The van der Waals surface area contributed by atoms with Gasteiger partial charge in [0.05, 0.1) is 20.8 Å². The van der Waals surface area contributed by atoms with Crippen LogP contribution in [0.4, 0.5) is 0 Å². The van der Waals surface area contributed by atoms with Crippen molar-refractivity contribution in [2.24, 2.45) is 5.92 Å². The summed E-state index contributed by atoms with van der Waals surface area (Å²) in [6, 6.07) is 4.45. The lowest BCUT2D eigenvalue weighted by atomic mass is 9.89. The number of aryl methyl sites for hydroxylation is 1. The van der Waals surface area contributed by atoms with E-state index >= 15 is 0 Å². The lowest BCUT2D eigenvalue weighted by molar-refractivity contribution is 0.177. The van der Waals surface area contributed by atoms with Gasteiger partial charge in [0.25, 0.3) is 0 Å². The van der Waals surface area contributed by atoms with Crippen LogP contribution in [0.15, 0.2) is 12.1 Å². The topological polar surface area (TPSA) is 39.7 Å². The minimum absolute atomic E-state index is 0.308. The number of hydrogen-bond donors (Lipinski definition) is 1. The molecule has 4 nitrogen and oxygen atoms in total. The van der Waals surface area contributed by atoms with E-state index in [9.17, 15) is 0 Å². The normalized spacial score (nSPS) is 19.9. The van der Waals surface area contributed by atoms with Crippen molar-refractivity contribution in [2.45, 2.75) is 26.3 Å². The van der Waals surface area contributed by atoms with Gasteiger partial charge in [-0.2, -0.15) is 0 Å². The molecule has 2 rings (SSSR count). The van der Waals surface area contributed by atoms with Crippen molar-refractivity contribution < 1.29 is 14.2 Å². The van der Waals surface area contributed by atoms with Gasteiger partial charge in [0.2, 0.25) is 0 Å². The third-order valence-corrected chi connectivity index (χ3v) is 3.97. The number of methoxy groups -OCH3 is 2. The molecule has 1 aliphatic heterocycles. The van der Waals surface area contributed by atoms with Crippen molar-refractivity contribution in [1.29, 1.82) is 0 Å². The highest BCUT2D eigenvalue weighted by molar-refractivity contribution is 5.48. The van der Waals surface area contributed by atoms with Crippen LogP contribution in [0.5, 0.6) is 11.5 Å². The molecule has 1 aromatic rings. The number of nitrogens with one attached hydrogen (secondary N) is 1. The molecule has 112 valence electrons. The summed E-state index contributed by atoms with van der Waals surface area (Å²) in [5, 5.41) is 3.59. The standard InChI is InChI=1S/C16H25NO3/c1-5-17-16(12-6-7-20-10-12)13-9-15(19-4)14(18-3)8-11(13)2/h8-9,12,16-17H,5-7,10H2,1-4H3. The first-order chi connectivity index (χ1) is 9.71. The summed E-state index contributed by atoms with van der Waals surface area (Å²) in [4.78, 5) is 0. The fraction of sp³-hybridized carbons (Fsp3) is 0.625. The van der Waals surface area contributed by atoms with Gasteiger partial charge in [-0.1, -0.05) is 6.92 Å². The molecule has 1 aliphatic rings. The molecule has 20 heavy (non-hydrogen) atoms. The summed E-state index contributed by atoms with van der Waals surface area (Å²) in [7, 11) is 3.35. The summed E-state index contributed by atoms with van der Waals surface area (Å²) in [5.74, 6) is 2.09. The third-order valence-electron chi connectivity index (χ3n) is 3.97. The minimum Gasteiger partial charge on any atom is -0.493 e. The molecule has 0 radical (unpaired) electrons. The molecule has 0 amide bonds. The van der Waals surface area contributed by atoms with Crippen LogP contribution in [-0.2, 0) is 4.74 Å². The van der Waals surface area contributed by atoms with E-state index in [1.54, 1.807) is 14.2 Å². The largest absolute Gasteiger partial charge is 0.493 e. The fourth-order valence-corrected chi connectivity index (χ4v) is 2.90. The molecular formula is C16H25NO3. The van der Waals surface area contributed by atoms with Crippen LogP contribution in [0.25, 0.3) is 0 Å². The third kappa shape index (κ3) is 3.07. The molecule has 2 unspecified atom stereocenters. The van der Waals surface area contributed by atoms with Gasteiger partial charge in [-0.25, -0.2) is 0 Å². The Morgan fingerprint density at radius 3 is 2.55 bits per heavy atom. The molecule has 1 saturated heterocycles. The van der Waals surface area contributed by atoms with Gasteiger partial charge < -0.3 is 19.5 Å². The molecule has 1 aromatic carbocycles. The van der Waals surface area contributed by atoms with Gasteiger partial charge >= 0.3 is 0 Å². The van der Waals surface area contributed by atoms with E-state index in [1.165, 1.54) is 11.1 Å². The SMILES string of the molecule is CCNC(c1cc(OC)c(OC)cc1C)C1CCOC1. The Hall–Kier alpha value is -1.26. The Balaban J connectivity index is 2.36. The molecule has 0 saturated carbocycles. The molecule has 4 heteroatoms. The maximum Gasteiger partial charge on any atom is 0.161 e. The van der Waals surface area contributed by atoms with Crippen LogP contribution in [0.3, 0.4) is 0 Å². The van der Waals surface area contributed by atoms with Crippen LogP contribution >= 0.6 is 0 Å². The zero-order chi connectivity index (χ0) is 14.5. The second kappa shape index (κ2) is 6.95. The molecule has 1 heterocycles. The Bertz CT molecular complexity index is 442. The quantitative estimate of drug-likeness (QED) is 0.869. The van der Waals surface area contributed by atoms with Gasteiger partial charge in [0.1, 0.15) is 0 Å². The van der Waals surface area contributed by atoms with Crippen molar-refractivity contribution in [3.8, 4) is 11.5 Å². The average Bonchev–Trinajstić information content (AvgIpc) is 2.98. The van der Waals surface area contributed by atoms with E-state index in [-0.39, 0.29) is 0 Å². The molecule has 0 spiro atoms. The highest BCUT2D eigenvalue weighted by Gasteiger charge is 2.28. The lowest BCUT2D eigenvalue weighted by Gasteiger charge is -2.26. The van der Waals surface area contributed by atoms with Crippen molar-refractivity contribution in [3.05, 3.63) is 23.3 Å². The average molecular weight is 279 g/mol. The van der Waals surface area contributed by atoms with Crippen molar-refractivity contribution in [2.75, 3.05) is 34.0 Å². The number of benzene rings is 1. The molecular weight excluding hydrogens is 254 g/mol. The van der Waals surface area contributed by atoms with Crippen LogP contribution in [0.1, 0.15) is 30.5 Å². The first-order valence-electron chi connectivity index (χ1n) is 7.24. The van der Waals surface area contributed by atoms with Crippen molar-refractivity contribution >= 4 is 0 Å². The monoisotopic (exact) mass is 279 g/mol. The molecule has 2 atom stereocenters. The molecule has 0 aromatic heterocycles. The summed E-state index contributed by atoms with van der Waals surface area (Å²) in [5.41, 5.74) is 2.50. The Morgan fingerprint density at radius 1 is 1.30 bits per heavy atom. The Morgan fingerprint density at radius 2 is 2.00 bits per heavy atom. The molecule has 1 N–H and O–H groups in total. The van der Waals surface area contributed by atoms with Crippen molar-refractivity contribution in [3.63, 3.8) is 0 Å². The minimum atomic E-state index is 0.308.